The first-order valence-corrected chi connectivity index (χ1v) is 8.23. The molecule has 2 heterocycles. The van der Waals surface area contributed by atoms with Crippen molar-refractivity contribution in [2.45, 2.75) is 46.5 Å². The van der Waals surface area contributed by atoms with Gasteiger partial charge in [0, 0.05) is 36.5 Å². The van der Waals surface area contributed by atoms with Crippen molar-refractivity contribution in [2.75, 3.05) is 6.54 Å². The molecule has 3 rings (SSSR count). The Labute approximate surface area is 132 Å². The molecule has 4 heteroatoms. The first-order valence-electron chi connectivity index (χ1n) is 8.23. The maximum atomic E-state index is 12.1. The molecule has 1 aliphatic heterocycles. The lowest BCUT2D eigenvalue weighted by molar-refractivity contribution is 0.533. The van der Waals surface area contributed by atoms with Crippen LogP contribution in [0, 0.1) is 5.92 Å². The lowest BCUT2D eigenvalue weighted by Gasteiger charge is -2.18. The summed E-state index contributed by atoms with van der Waals surface area (Å²) in [5.74, 6) is 1.44. The van der Waals surface area contributed by atoms with Crippen LogP contribution in [0.2, 0.25) is 0 Å². The molecule has 1 aliphatic carbocycles. The first kappa shape index (κ1) is 16.4. The number of aromatic amines is 1. The maximum absolute atomic E-state index is 12.1. The summed E-state index contributed by atoms with van der Waals surface area (Å²) < 4.78 is 0. The SMILES string of the molecule is CC.CC1CC=C(c2cc(C3=NCCC=N3)c[nH]c2=O)CC1. The quantitative estimate of drug-likeness (QED) is 0.886. The van der Waals surface area contributed by atoms with E-state index >= 15 is 0 Å². The van der Waals surface area contributed by atoms with Gasteiger partial charge in [-0.05, 0) is 36.8 Å². The highest BCUT2D eigenvalue weighted by Gasteiger charge is 2.15. The molecule has 1 atom stereocenters. The van der Waals surface area contributed by atoms with Gasteiger partial charge in [0.2, 0.25) is 0 Å². The van der Waals surface area contributed by atoms with Gasteiger partial charge in [0.05, 0.1) is 0 Å². The molecule has 0 radical (unpaired) electrons. The van der Waals surface area contributed by atoms with Crippen LogP contribution in [-0.4, -0.2) is 23.6 Å². The number of aromatic nitrogens is 1. The van der Waals surface area contributed by atoms with Gasteiger partial charge in [0.25, 0.3) is 5.56 Å². The van der Waals surface area contributed by atoms with E-state index in [-0.39, 0.29) is 5.56 Å². The number of pyridine rings is 1. The molecule has 2 aliphatic rings. The average molecular weight is 299 g/mol. The summed E-state index contributed by atoms with van der Waals surface area (Å²) >= 11 is 0. The van der Waals surface area contributed by atoms with Crippen LogP contribution in [0.25, 0.3) is 5.57 Å². The largest absolute Gasteiger partial charge is 0.328 e. The Hall–Kier alpha value is -1.97. The van der Waals surface area contributed by atoms with E-state index in [1.165, 1.54) is 0 Å². The third-order valence-electron chi connectivity index (χ3n) is 3.91. The second kappa shape index (κ2) is 7.87. The number of nitrogens with zero attached hydrogens (tertiary/aromatic N) is 2. The molecule has 1 aromatic rings. The Morgan fingerprint density at radius 3 is 2.77 bits per heavy atom. The van der Waals surface area contributed by atoms with Crippen molar-refractivity contribution in [3.63, 3.8) is 0 Å². The molecule has 0 saturated heterocycles. The molecule has 1 unspecified atom stereocenters. The van der Waals surface area contributed by atoms with Crippen LogP contribution in [0.1, 0.15) is 57.6 Å². The van der Waals surface area contributed by atoms with E-state index in [1.807, 2.05) is 26.1 Å². The molecule has 0 bridgehead atoms. The Morgan fingerprint density at radius 1 is 1.32 bits per heavy atom. The minimum absolute atomic E-state index is 0.0186. The summed E-state index contributed by atoms with van der Waals surface area (Å²) in [4.78, 5) is 23.6. The van der Waals surface area contributed by atoms with E-state index in [9.17, 15) is 4.79 Å². The average Bonchev–Trinajstić information content (AvgIpc) is 2.59. The van der Waals surface area contributed by atoms with Crippen molar-refractivity contribution in [1.29, 1.82) is 0 Å². The third kappa shape index (κ3) is 3.81. The van der Waals surface area contributed by atoms with Crippen LogP contribution in [0.4, 0.5) is 0 Å². The normalized spacial score (nSPS) is 20.6. The van der Waals surface area contributed by atoms with Gasteiger partial charge in [-0.2, -0.15) is 0 Å². The number of rotatable bonds is 2. The zero-order chi connectivity index (χ0) is 15.9. The minimum atomic E-state index is -0.0186. The number of hydrogen-bond acceptors (Lipinski definition) is 3. The van der Waals surface area contributed by atoms with Gasteiger partial charge >= 0.3 is 0 Å². The van der Waals surface area contributed by atoms with E-state index in [1.54, 1.807) is 6.20 Å². The number of allylic oxidation sites excluding steroid dienone is 2. The minimum Gasteiger partial charge on any atom is -0.328 e. The van der Waals surface area contributed by atoms with Crippen molar-refractivity contribution in [1.82, 2.24) is 4.98 Å². The van der Waals surface area contributed by atoms with Crippen LogP contribution in [0.15, 0.2) is 33.1 Å². The molecule has 4 nitrogen and oxygen atoms in total. The molecule has 1 N–H and O–H groups in total. The maximum Gasteiger partial charge on any atom is 0.255 e. The van der Waals surface area contributed by atoms with Crippen LogP contribution >= 0.6 is 0 Å². The van der Waals surface area contributed by atoms with Gasteiger partial charge in [-0.1, -0.05) is 26.8 Å². The van der Waals surface area contributed by atoms with Crippen molar-refractivity contribution in [2.24, 2.45) is 15.9 Å². The highest BCUT2D eigenvalue weighted by molar-refractivity contribution is 6.04. The third-order valence-corrected chi connectivity index (χ3v) is 3.91. The number of nitrogens with one attached hydrogen (secondary N) is 1. The second-order valence-corrected chi connectivity index (χ2v) is 5.55. The Morgan fingerprint density at radius 2 is 2.14 bits per heavy atom. The highest BCUT2D eigenvalue weighted by atomic mass is 16.1. The van der Waals surface area contributed by atoms with Crippen LogP contribution in [-0.2, 0) is 0 Å². The van der Waals surface area contributed by atoms with Gasteiger partial charge in [-0.25, -0.2) is 4.99 Å². The van der Waals surface area contributed by atoms with Crippen LogP contribution in [0.3, 0.4) is 0 Å². The predicted octanol–water partition coefficient (Wildman–Crippen LogP) is 3.83. The Kier molecular flexibility index (Phi) is 5.87. The Balaban J connectivity index is 0.000000847. The molecule has 0 spiro atoms. The summed E-state index contributed by atoms with van der Waals surface area (Å²) in [6.45, 7) is 7.02. The van der Waals surface area contributed by atoms with E-state index in [4.69, 9.17) is 0 Å². The van der Waals surface area contributed by atoms with Gasteiger partial charge < -0.3 is 4.98 Å². The smallest absolute Gasteiger partial charge is 0.255 e. The number of aliphatic imine (C=N–C) groups is 2. The molecule has 22 heavy (non-hydrogen) atoms. The van der Waals surface area contributed by atoms with Gasteiger partial charge in [-0.3, -0.25) is 9.79 Å². The molecule has 1 aromatic heterocycles. The fraction of sp³-hybridized carbons (Fsp3) is 0.500. The van der Waals surface area contributed by atoms with Crippen molar-refractivity contribution >= 4 is 17.6 Å². The summed E-state index contributed by atoms with van der Waals surface area (Å²) in [6, 6.07) is 1.93. The Bertz CT molecular complexity index is 653. The van der Waals surface area contributed by atoms with E-state index in [0.717, 1.165) is 54.8 Å². The molecular weight excluding hydrogens is 274 g/mol. The summed E-state index contributed by atoms with van der Waals surface area (Å²) in [5.41, 5.74) is 2.81. The van der Waals surface area contributed by atoms with E-state index in [0.29, 0.717) is 5.92 Å². The monoisotopic (exact) mass is 299 g/mol. The fourth-order valence-electron chi connectivity index (χ4n) is 2.65. The summed E-state index contributed by atoms with van der Waals surface area (Å²) in [5, 5.41) is 0. The second-order valence-electron chi connectivity index (χ2n) is 5.55. The summed E-state index contributed by atoms with van der Waals surface area (Å²) in [7, 11) is 0. The van der Waals surface area contributed by atoms with Gasteiger partial charge in [0.15, 0.2) is 5.84 Å². The molecule has 118 valence electrons. The zero-order valence-corrected chi connectivity index (χ0v) is 13.7. The van der Waals surface area contributed by atoms with Crippen LogP contribution < -0.4 is 5.56 Å². The molecular formula is C18H25N3O. The lowest BCUT2D eigenvalue weighted by Crippen LogP contribution is -2.16. The van der Waals surface area contributed by atoms with E-state index in [2.05, 4.69) is 28.0 Å². The number of amidine groups is 1. The summed E-state index contributed by atoms with van der Waals surface area (Å²) in [6.07, 6.45) is 9.86. The number of hydrogen-bond donors (Lipinski definition) is 1. The van der Waals surface area contributed by atoms with Crippen molar-refractivity contribution in [3.05, 3.63) is 39.8 Å². The highest BCUT2D eigenvalue weighted by Crippen LogP contribution is 2.28. The van der Waals surface area contributed by atoms with E-state index < -0.39 is 0 Å². The molecule has 0 fully saturated rings. The van der Waals surface area contributed by atoms with Crippen molar-refractivity contribution in [3.8, 4) is 0 Å². The first-order chi connectivity index (χ1) is 10.7. The lowest BCUT2D eigenvalue weighted by atomic mass is 9.88. The standard InChI is InChI=1S/C16H19N3O.C2H6/c1-11-3-5-12(6-4-11)14-9-13(10-19-16(14)20)15-17-7-2-8-18-15;1-2/h5,7,9-11H,2-4,6,8H2,1H3,(H,19,20);1-2H3. The molecule has 0 saturated carbocycles. The molecule has 0 aromatic carbocycles. The van der Waals surface area contributed by atoms with Gasteiger partial charge in [0.1, 0.15) is 0 Å². The fourth-order valence-corrected chi connectivity index (χ4v) is 2.65. The topological polar surface area (TPSA) is 57.6 Å². The number of H-pyrrole nitrogens is 1. The van der Waals surface area contributed by atoms with Crippen molar-refractivity contribution < 1.29 is 0 Å². The predicted molar refractivity (Wildman–Crippen MR) is 93.9 cm³/mol. The van der Waals surface area contributed by atoms with Gasteiger partial charge in [-0.15, -0.1) is 0 Å². The zero-order valence-electron chi connectivity index (χ0n) is 13.7. The van der Waals surface area contributed by atoms with Crippen LogP contribution in [0.5, 0.6) is 0 Å². The molecule has 0 amide bonds.